The molecule has 0 aliphatic heterocycles. The van der Waals surface area contributed by atoms with Gasteiger partial charge in [0.2, 0.25) is 0 Å². The Kier molecular flexibility index (Phi) is 3.84. The molecular weight excluding hydrogens is 152 g/mol. The van der Waals surface area contributed by atoms with Crippen molar-refractivity contribution in [2.24, 2.45) is 0 Å². The third-order valence-electron chi connectivity index (χ3n) is 1.37. The predicted octanol–water partition coefficient (Wildman–Crippen LogP) is 3.06. The average Bonchev–Trinajstić information content (AvgIpc) is 2.07. The quantitative estimate of drug-likeness (QED) is 0.661. The molecule has 1 aromatic carbocycles. The van der Waals surface area contributed by atoms with Crippen LogP contribution in [-0.4, -0.2) is 12.0 Å². The Labute approximate surface area is 72.3 Å². The van der Waals surface area contributed by atoms with Crippen molar-refractivity contribution in [2.45, 2.75) is 0 Å². The molecule has 0 bridgehead atoms. The highest BCUT2D eigenvalue weighted by molar-refractivity contribution is 7.98. The lowest BCUT2D eigenvalue weighted by atomic mass is 10.2. The highest BCUT2D eigenvalue weighted by Crippen LogP contribution is 2.02. The van der Waals surface area contributed by atoms with Crippen molar-refractivity contribution in [3.8, 4) is 0 Å². The fourth-order valence-electron chi connectivity index (χ4n) is 0.845. The number of benzene rings is 1. The molecule has 0 spiro atoms. The lowest BCUT2D eigenvalue weighted by Crippen LogP contribution is -1.70. The van der Waals surface area contributed by atoms with Gasteiger partial charge in [-0.15, -0.1) is 0 Å². The van der Waals surface area contributed by atoms with Crippen molar-refractivity contribution < 1.29 is 0 Å². The second kappa shape index (κ2) is 5.03. The molecule has 0 saturated carbocycles. The van der Waals surface area contributed by atoms with Crippen LogP contribution in [0.1, 0.15) is 5.56 Å². The van der Waals surface area contributed by atoms with Gasteiger partial charge in [-0.2, -0.15) is 11.8 Å². The minimum atomic E-state index is 1.09. The van der Waals surface area contributed by atoms with E-state index in [2.05, 4.69) is 42.7 Å². The van der Waals surface area contributed by atoms with Crippen LogP contribution in [-0.2, 0) is 0 Å². The molecule has 1 aromatic rings. The molecule has 0 heterocycles. The third-order valence-corrected chi connectivity index (χ3v) is 1.90. The zero-order valence-electron chi connectivity index (χ0n) is 6.66. The molecule has 0 amide bonds. The molecule has 58 valence electrons. The van der Waals surface area contributed by atoms with Gasteiger partial charge in [0.05, 0.1) is 0 Å². The first-order valence-corrected chi connectivity index (χ1v) is 5.03. The first-order chi connectivity index (χ1) is 5.43. The molecule has 0 aliphatic rings. The van der Waals surface area contributed by atoms with Crippen LogP contribution >= 0.6 is 11.8 Å². The number of hydrogen-bond acceptors (Lipinski definition) is 1. The summed E-state index contributed by atoms with van der Waals surface area (Å²) in [5, 5.41) is 0. The van der Waals surface area contributed by atoms with E-state index in [0.29, 0.717) is 0 Å². The van der Waals surface area contributed by atoms with Gasteiger partial charge in [0, 0.05) is 5.75 Å². The summed E-state index contributed by atoms with van der Waals surface area (Å²) < 4.78 is 0. The molecule has 1 heteroatoms. The highest BCUT2D eigenvalue weighted by Gasteiger charge is 1.80. The van der Waals surface area contributed by atoms with Gasteiger partial charge in [0.25, 0.3) is 0 Å². The van der Waals surface area contributed by atoms with E-state index in [0.717, 1.165) is 5.75 Å². The number of hydrogen-bond donors (Lipinski definition) is 0. The molecule has 0 nitrogen and oxygen atoms in total. The van der Waals surface area contributed by atoms with E-state index < -0.39 is 0 Å². The van der Waals surface area contributed by atoms with Crippen molar-refractivity contribution in [1.82, 2.24) is 0 Å². The summed E-state index contributed by atoms with van der Waals surface area (Å²) in [5.74, 6) is 1.09. The molecule has 0 unspecified atom stereocenters. The van der Waals surface area contributed by atoms with E-state index in [1.165, 1.54) is 5.56 Å². The van der Waals surface area contributed by atoms with Crippen LogP contribution in [0, 0.1) is 0 Å². The topological polar surface area (TPSA) is 0 Å². The third kappa shape index (κ3) is 3.28. The second-order valence-electron chi connectivity index (χ2n) is 2.27. The number of thioether (sulfide) groups is 1. The standard InChI is InChI=1S/C10H12S/c1-11-9-5-8-10-6-3-2-4-7-10/h2-8H,9H2,1H3. The van der Waals surface area contributed by atoms with Crippen molar-refractivity contribution in [3.05, 3.63) is 42.0 Å². The molecule has 0 N–H and O–H groups in total. The van der Waals surface area contributed by atoms with Gasteiger partial charge in [-0.25, -0.2) is 0 Å². The Morgan fingerprint density at radius 1 is 1.27 bits per heavy atom. The summed E-state index contributed by atoms with van der Waals surface area (Å²) >= 11 is 1.83. The molecule has 0 saturated heterocycles. The highest BCUT2D eigenvalue weighted by atomic mass is 32.2. The molecule has 0 aliphatic carbocycles. The summed E-state index contributed by atoms with van der Waals surface area (Å²) in [4.78, 5) is 0. The molecule has 0 fully saturated rings. The largest absolute Gasteiger partial charge is 0.161 e. The van der Waals surface area contributed by atoms with Crippen molar-refractivity contribution in [2.75, 3.05) is 12.0 Å². The van der Waals surface area contributed by atoms with E-state index in [4.69, 9.17) is 0 Å². The summed E-state index contributed by atoms with van der Waals surface area (Å²) in [7, 11) is 0. The Hall–Kier alpha value is -0.690. The SMILES string of the molecule is CSCC=Cc1ccccc1. The zero-order valence-corrected chi connectivity index (χ0v) is 7.47. The lowest BCUT2D eigenvalue weighted by molar-refractivity contribution is 1.65. The maximum absolute atomic E-state index is 2.18. The summed E-state index contributed by atoms with van der Waals surface area (Å²) in [6, 6.07) is 10.4. The molecule has 11 heavy (non-hydrogen) atoms. The molecular formula is C10H12S. The second-order valence-corrected chi connectivity index (χ2v) is 3.18. The van der Waals surface area contributed by atoms with E-state index in [1.54, 1.807) is 0 Å². The predicted molar refractivity (Wildman–Crippen MR) is 53.9 cm³/mol. The molecule has 0 aromatic heterocycles. The van der Waals surface area contributed by atoms with Crippen LogP contribution in [0.2, 0.25) is 0 Å². The van der Waals surface area contributed by atoms with Crippen LogP contribution in [0.5, 0.6) is 0 Å². The molecule has 1 rings (SSSR count). The Bertz CT molecular complexity index is 214. The monoisotopic (exact) mass is 164 g/mol. The van der Waals surface area contributed by atoms with Crippen LogP contribution in [0.25, 0.3) is 6.08 Å². The van der Waals surface area contributed by atoms with E-state index in [1.807, 2.05) is 17.8 Å². The van der Waals surface area contributed by atoms with Crippen molar-refractivity contribution in [3.63, 3.8) is 0 Å². The van der Waals surface area contributed by atoms with Crippen LogP contribution < -0.4 is 0 Å². The Balaban J connectivity index is 2.50. The number of rotatable bonds is 3. The van der Waals surface area contributed by atoms with E-state index >= 15 is 0 Å². The maximum Gasteiger partial charge on any atom is 0.0113 e. The van der Waals surface area contributed by atoms with Gasteiger partial charge >= 0.3 is 0 Å². The smallest absolute Gasteiger partial charge is 0.0113 e. The van der Waals surface area contributed by atoms with Crippen LogP contribution in [0.4, 0.5) is 0 Å². The summed E-state index contributed by atoms with van der Waals surface area (Å²) in [5.41, 5.74) is 1.28. The van der Waals surface area contributed by atoms with Crippen molar-refractivity contribution >= 4 is 17.8 Å². The lowest BCUT2D eigenvalue weighted by Gasteiger charge is -1.89. The normalized spacial score (nSPS) is 10.6. The maximum atomic E-state index is 2.18. The van der Waals surface area contributed by atoms with E-state index in [-0.39, 0.29) is 0 Å². The van der Waals surface area contributed by atoms with Gasteiger partial charge in [-0.05, 0) is 11.8 Å². The fraction of sp³-hybridized carbons (Fsp3) is 0.200. The summed E-state index contributed by atoms with van der Waals surface area (Å²) in [6.07, 6.45) is 6.44. The minimum Gasteiger partial charge on any atom is -0.161 e. The van der Waals surface area contributed by atoms with Gasteiger partial charge < -0.3 is 0 Å². The average molecular weight is 164 g/mol. The molecule has 0 atom stereocenters. The fourth-order valence-corrected chi connectivity index (χ4v) is 1.13. The zero-order chi connectivity index (χ0) is 7.94. The van der Waals surface area contributed by atoms with Gasteiger partial charge in [-0.3, -0.25) is 0 Å². The molecule has 0 radical (unpaired) electrons. The Morgan fingerprint density at radius 2 is 2.00 bits per heavy atom. The van der Waals surface area contributed by atoms with Gasteiger partial charge in [0.1, 0.15) is 0 Å². The van der Waals surface area contributed by atoms with Gasteiger partial charge in [0.15, 0.2) is 0 Å². The summed E-state index contributed by atoms with van der Waals surface area (Å²) in [6.45, 7) is 0. The van der Waals surface area contributed by atoms with Crippen LogP contribution in [0.15, 0.2) is 36.4 Å². The first-order valence-electron chi connectivity index (χ1n) is 3.64. The van der Waals surface area contributed by atoms with E-state index in [9.17, 15) is 0 Å². The Morgan fingerprint density at radius 3 is 2.64 bits per heavy atom. The van der Waals surface area contributed by atoms with Crippen molar-refractivity contribution in [1.29, 1.82) is 0 Å². The van der Waals surface area contributed by atoms with Crippen LogP contribution in [0.3, 0.4) is 0 Å². The minimum absolute atomic E-state index is 1.09. The first kappa shape index (κ1) is 8.41. The van der Waals surface area contributed by atoms with Gasteiger partial charge in [-0.1, -0.05) is 42.5 Å².